The van der Waals surface area contributed by atoms with Gasteiger partial charge in [0.25, 0.3) is 0 Å². The molecule has 0 unspecified atom stereocenters. The average molecular weight is 1160 g/mol. The van der Waals surface area contributed by atoms with Gasteiger partial charge in [0.2, 0.25) is 0 Å². The molecule has 0 saturated heterocycles. The predicted molar refractivity (Wildman–Crippen MR) is 379 cm³/mol. The van der Waals surface area contributed by atoms with Crippen LogP contribution in [0, 0.1) is 0 Å². The first-order valence-corrected chi connectivity index (χ1v) is 32.7. The first-order valence-electron chi connectivity index (χ1n) is 32.7. The third-order valence-corrected chi connectivity index (χ3v) is 23.2. The van der Waals surface area contributed by atoms with Gasteiger partial charge in [-0.3, -0.25) is 0 Å². The molecule has 6 aliphatic carbocycles. The fourth-order valence-corrected chi connectivity index (χ4v) is 18.3. The molecule has 12 aromatic rings. The summed E-state index contributed by atoms with van der Waals surface area (Å²) in [4.78, 5) is 5.15. The van der Waals surface area contributed by atoms with Crippen LogP contribution in [-0.2, 0) is 32.5 Å². The van der Waals surface area contributed by atoms with Crippen LogP contribution < -0.4 is 9.80 Å². The molecule has 0 spiro atoms. The summed E-state index contributed by atoms with van der Waals surface area (Å²) in [5.74, 6) is 0. The molecule has 0 fully saturated rings. The standard InChI is InChI=1S/C88H74N2/c1-83(2)69-29-19-15-23-56(69)60-38-33-51(43-73(60)83)89(52-34-39-61-57-24-16-20-30-70(57)84(3,4)74(61)44-52)53-35-42-64-67-48-79-68(49-78(67)87(9,10)77(64)45-53)82-66-28-14-13-27-65(66)81(50-80(82)88(79,11)12)90(54-36-40-62-58-25-17-21-31-71(58)85(5,6)75(62)46-54)55-37-41-63-59-26-18-22-32-72(59)86(7,8)76(63)47-55/h13-50H,1-12H3. The summed E-state index contributed by atoms with van der Waals surface area (Å²) in [5, 5.41) is 2.54. The highest BCUT2D eigenvalue weighted by Gasteiger charge is 2.46. The minimum atomic E-state index is -0.321. The van der Waals surface area contributed by atoms with Crippen molar-refractivity contribution in [3.63, 3.8) is 0 Å². The lowest BCUT2D eigenvalue weighted by Crippen LogP contribution is -2.19. The highest BCUT2D eigenvalue weighted by atomic mass is 15.2. The van der Waals surface area contributed by atoms with Gasteiger partial charge in [0.15, 0.2) is 0 Å². The molecule has 0 radical (unpaired) electrons. The van der Waals surface area contributed by atoms with Crippen molar-refractivity contribution >= 4 is 44.9 Å². The maximum Gasteiger partial charge on any atom is 0.0543 e. The third kappa shape index (κ3) is 6.84. The Morgan fingerprint density at radius 2 is 0.444 bits per heavy atom. The summed E-state index contributed by atoms with van der Waals surface area (Å²) < 4.78 is 0. The van der Waals surface area contributed by atoms with E-state index in [9.17, 15) is 0 Å². The average Bonchev–Trinajstić information content (AvgIpc) is 2.08. The molecule has 0 atom stereocenters. The van der Waals surface area contributed by atoms with Crippen molar-refractivity contribution in [2.24, 2.45) is 0 Å². The van der Waals surface area contributed by atoms with E-state index in [1.54, 1.807) is 0 Å². The summed E-state index contributed by atoms with van der Waals surface area (Å²) in [6, 6.07) is 89.6. The van der Waals surface area contributed by atoms with E-state index < -0.39 is 0 Å². The molecule has 2 nitrogen and oxygen atoms in total. The summed E-state index contributed by atoms with van der Waals surface area (Å²) in [5.41, 5.74) is 38.5. The van der Waals surface area contributed by atoms with Crippen molar-refractivity contribution in [1.29, 1.82) is 0 Å². The second kappa shape index (κ2) is 17.7. The Hall–Kier alpha value is -9.50. The zero-order chi connectivity index (χ0) is 61.5. The minimum absolute atomic E-state index is 0.143. The lowest BCUT2D eigenvalue weighted by Gasteiger charge is -2.32. The highest BCUT2D eigenvalue weighted by molar-refractivity contribution is 6.11. The first-order chi connectivity index (χ1) is 43.2. The summed E-state index contributed by atoms with van der Waals surface area (Å²) in [7, 11) is 0. The van der Waals surface area contributed by atoms with Gasteiger partial charge in [-0.25, -0.2) is 0 Å². The van der Waals surface area contributed by atoms with Crippen LogP contribution in [0.2, 0.25) is 0 Å². The smallest absolute Gasteiger partial charge is 0.0543 e. The number of anilines is 6. The lowest BCUT2D eigenvalue weighted by atomic mass is 9.79. The molecule has 0 aromatic heterocycles. The van der Waals surface area contributed by atoms with E-state index in [1.807, 2.05) is 0 Å². The predicted octanol–water partition coefficient (Wildman–Crippen LogP) is 23.6. The number of fused-ring (bicyclic) bond motifs is 20. The van der Waals surface area contributed by atoms with Crippen molar-refractivity contribution in [2.45, 2.75) is 116 Å². The summed E-state index contributed by atoms with van der Waals surface area (Å²) in [6.45, 7) is 29.1. The molecular formula is C88H74N2. The molecular weight excluding hydrogens is 1080 g/mol. The zero-order valence-corrected chi connectivity index (χ0v) is 53.8. The molecule has 0 saturated carbocycles. The normalized spacial score (nSPS) is 17.0. The molecule has 6 aliphatic rings. The van der Waals surface area contributed by atoms with Gasteiger partial charge in [0, 0.05) is 66.3 Å². The maximum atomic E-state index is 2.61. The Bertz CT molecular complexity index is 4990. The third-order valence-electron chi connectivity index (χ3n) is 23.2. The highest BCUT2D eigenvalue weighted by Crippen LogP contribution is 2.62. The second-order valence-corrected chi connectivity index (χ2v) is 30.1. The van der Waals surface area contributed by atoms with Gasteiger partial charge in [-0.15, -0.1) is 0 Å². The minimum Gasteiger partial charge on any atom is -0.310 e. The molecule has 2 heteroatoms. The molecule has 0 aliphatic heterocycles. The molecule has 436 valence electrons. The van der Waals surface area contributed by atoms with Gasteiger partial charge < -0.3 is 9.80 Å². The van der Waals surface area contributed by atoms with Gasteiger partial charge in [0.1, 0.15) is 0 Å². The van der Waals surface area contributed by atoms with Crippen LogP contribution in [0.1, 0.15) is 150 Å². The van der Waals surface area contributed by atoms with E-state index in [1.165, 1.54) is 178 Å². The zero-order valence-electron chi connectivity index (χ0n) is 53.8. The topological polar surface area (TPSA) is 6.48 Å². The van der Waals surface area contributed by atoms with Gasteiger partial charge in [0.05, 0.1) is 5.69 Å². The van der Waals surface area contributed by atoms with Gasteiger partial charge in [-0.2, -0.15) is 0 Å². The van der Waals surface area contributed by atoms with Crippen LogP contribution in [0.5, 0.6) is 0 Å². The van der Waals surface area contributed by atoms with Crippen molar-refractivity contribution in [1.82, 2.24) is 0 Å². The molecule has 0 heterocycles. The molecule has 18 rings (SSSR count). The number of rotatable bonds is 6. The molecule has 0 N–H and O–H groups in total. The number of benzene rings is 12. The maximum absolute atomic E-state index is 2.61. The fraction of sp³-hybridized carbons (Fsp3) is 0.205. The Morgan fingerprint density at radius 3 is 0.822 bits per heavy atom. The summed E-state index contributed by atoms with van der Waals surface area (Å²) >= 11 is 0. The van der Waals surface area contributed by atoms with E-state index in [4.69, 9.17) is 0 Å². The largest absolute Gasteiger partial charge is 0.310 e. The Balaban J connectivity index is 0.788. The van der Waals surface area contributed by atoms with E-state index in [-0.39, 0.29) is 32.5 Å². The molecule has 0 amide bonds. The van der Waals surface area contributed by atoms with E-state index in [2.05, 4.69) is 323 Å². The Labute approximate surface area is 531 Å². The Kier molecular flexibility index (Phi) is 10.5. The summed E-state index contributed by atoms with van der Waals surface area (Å²) in [6.07, 6.45) is 0. The van der Waals surface area contributed by atoms with E-state index in [0.29, 0.717) is 0 Å². The second-order valence-electron chi connectivity index (χ2n) is 30.1. The molecule has 90 heavy (non-hydrogen) atoms. The quantitative estimate of drug-likeness (QED) is 0.164. The SMILES string of the molecule is CC1(C)c2ccccc2-c2ccc(N(c3ccc4c(c3)C(C)(C)c3ccccc3-4)c3ccc4c(c3)C(C)(C)c3cc5c(cc3-4)C(C)(C)c3cc(N(c4ccc6c(c4)C(C)(C)c4ccccc4-6)c4ccc6c(c4)C(C)(C)c4ccccc4-6)c4ccccc4c3-5)cc21. The fourth-order valence-electron chi connectivity index (χ4n) is 18.3. The number of nitrogens with zero attached hydrogens (tertiary/aromatic N) is 2. The molecule has 0 bridgehead atoms. The van der Waals surface area contributed by atoms with Crippen LogP contribution in [0.4, 0.5) is 34.1 Å². The number of hydrogen-bond donors (Lipinski definition) is 0. The van der Waals surface area contributed by atoms with Gasteiger partial charge >= 0.3 is 0 Å². The van der Waals surface area contributed by atoms with Crippen LogP contribution in [0.3, 0.4) is 0 Å². The van der Waals surface area contributed by atoms with Crippen LogP contribution in [0.25, 0.3) is 77.5 Å². The van der Waals surface area contributed by atoms with Gasteiger partial charge in [-0.1, -0.05) is 235 Å². The van der Waals surface area contributed by atoms with Crippen molar-refractivity contribution in [3.05, 3.63) is 297 Å². The van der Waals surface area contributed by atoms with E-state index >= 15 is 0 Å². The van der Waals surface area contributed by atoms with Crippen LogP contribution in [0.15, 0.2) is 231 Å². The Morgan fingerprint density at radius 1 is 0.189 bits per heavy atom. The van der Waals surface area contributed by atoms with Gasteiger partial charge in [-0.05, 0) is 218 Å². The number of hydrogen-bond acceptors (Lipinski definition) is 2. The monoisotopic (exact) mass is 1160 g/mol. The lowest BCUT2D eigenvalue weighted by molar-refractivity contribution is 0.652. The van der Waals surface area contributed by atoms with Crippen LogP contribution in [-0.4, -0.2) is 0 Å². The van der Waals surface area contributed by atoms with E-state index in [0.717, 1.165) is 0 Å². The van der Waals surface area contributed by atoms with Crippen molar-refractivity contribution < 1.29 is 0 Å². The first kappa shape index (κ1) is 53.5. The molecule has 12 aromatic carbocycles. The van der Waals surface area contributed by atoms with Crippen LogP contribution >= 0.6 is 0 Å². The van der Waals surface area contributed by atoms with Crippen molar-refractivity contribution in [2.75, 3.05) is 9.80 Å². The van der Waals surface area contributed by atoms with Crippen molar-refractivity contribution in [3.8, 4) is 66.8 Å².